The molecule has 5 heteroatoms. The average Bonchev–Trinajstić information content (AvgIpc) is 2.57. The first-order chi connectivity index (χ1) is 7.43. The van der Waals surface area contributed by atoms with Gasteiger partial charge in [-0.25, -0.2) is 4.98 Å². The minimum Gasteiger partial charge on any atom is -0.313 e. The quantitative estimate of drug-likeness (QED) is 0.825. The van der Waals surface area contributed by atoms with Gasteiger partial charge in [0.25, 0.3) is 0 Å². The molecule has 1 N–H and O–H groups in total. The molecule has 0 aromatic carbocycles. The van der Waals surface area contributed by atoms with E-state index in [0.29, 0.717) is 6.04 Å². The maximum absolute atomic E-state index is 4.37. The highest BCUT2D eigenvalue weighted by Crippen LogP contribution is 2.27. The van der Waals surface area contributed by atoms with Crippen LogP contribution in [0, 0.1) is 12.3 Å². The molecule has 0 bridgehead atoms. The van der Waals surface area contributed by atoms with Crippen molar-refractivity contribution in [2.24, 2.45) is 5.41 Å². The van der Waals surface area contributed by atoms with Crippen LogP contribution in [0.3, 0.4) is 0 Å². The van der Waals surface area contributed by atoms with Crippen molar-refractivity contribution in [2.45, 2.75) is 45.0 Å². The van der Waals surface area contributed by atoms with Gasteiger partial charge in [0.15, 0.2) is 4.34 Å². The predicted molar refractivity (Wildman–Crippen MR) is 72.3 cm³/mol. The average molecular weight is 259 g/mol. The summed E-state index contributed by atoms with van der Waals surface area (Å²) in [6, 6.07) is 0.506. The van der Waals surface area contributed by atoms with Gasteiger partial charge in [0.1, 0.15) is 5.82 Å². The van der Waals surface area contributed by atoms with E-state index in [0.717, 1.165) is 22.5 Å². The van der Waals surface area contributed by atoms with Gasteiger partial charge in [-0.1, -0.05) is 39.5 Å². The van der Waals surface area contributed by atoms with Crippen molar-refractivity contribution in [1.82, 2.24) is 14.7 Å². The summed E-state index contributed by atoms with van der Waals surface area (Å²) in [6.07, 6.45) is 0. The van der Waals surface area contributed by atoms with Crippen LogP contribution >= 0.6 is 23.3 Å². The number of nitrogens with zero attached hydrogens (tertiary/aromatic N) is 2. The number of rotatable bonds is 5. The van der Waals surface area contributed by atoms with E-state index < -0.39 is 0 Å². The zero-order valence-corrected chi connectivity index (χ0v) is 12.3. The molecule has 0 aliphatic carbocycles. The highest BCUT2D eigenvalue weighted by Gasteiger charge is 2.24. The molecule has 0 radical (unpaired) electrons. The third kappa shape index (κ3) is 4.39. The second kappa shape index (κ2) is 5.98. The Bertz CT molecular complexity index is 317. The molecule has 0 aliphatic rings. The normalized spacial score (nSPS) is 14.1. The van der Waals surface area contributed by atoms with Crippen LogP contribution in [-0.4, -0.2) is 27.7 Å². The number of aromatic nitrogens is 2. The van der Waals surface area contributed by atoms with Crippen molar-refractivity contribution in [3.8, 4) is 0 Å². The predicted octanol–water partition coefficient (Wildman–Crippen LogP) is 2.96. The van der Waals surface area contributed by atoms with Crippen molar-refractivity contribution in [1.29, 1.82) is 0 Å². The molecule has 16 heavy (non-hydrogen) atoms. The highest BCUT2D eigenvalue weighted by molar-refractivity contribution is 8.00. The molecule has 1 heterocycles. The molecule has 1 unspecified atom stereocenters. The molecule has 1 aromatic rings. The Kier molecular flexibility index (Phi) is 5.21. The fraction of sp³-hybridized carbons (Fsp3) is 0.818. The Labute approximate surface area is 107 Å². The lowest BCUT2D eigenvalue weighted by Crippen LogP contribution is -2.42. The summed E-state index contributed by atoms with van der Waals surface area (Å²) in [5, 5.41) is 3.54. The number of aryl methyl sites for hydroxylation is 1. The maximum Gasteiger partial charge on any atom is 0.170 e. The molecule has 0 aliphatic heterocycles. The van der Waals surface area contributed by atoms with Gasteiger partial charge >= 0.3 is 0 Å². The zero-order chi connectivity index (χ0) is 12.2. The van der Waals surface area contributed by atoms with Gasteiger partial charge < -0.3 is 5.32 Å². The Balaban J connectivity index is 2.50. The summed E-state index contributed by atoms with van der Waals surface area (Å²) < 4.78 is 5.27. The number of thioether (sulfide) groups is 1. The third-order valence-corrected chi connectivity index (χ3v) is 4.40. The van der Waals surface area contributed by atoms with Crippen LogP contribution in [0.5, 0.6) is 0 Å². The molecule has 0 amide bonds. The second-order valence-electron chi connectivity index (χ2n) is 4.89. The first-order valence-electron chi connectivity index (χ1n) is 5.60. The fourth-order valence-corrected chi connectivity index (χ4v) is 3.43. The van der Waals surface area contributed by atoms with Crippen LogP contribution in [0.15, 0.2) is 4.34 Å². The van der Waals surface area contributed by atoms with E-state index in [1.807, 2.05) is 6.92 Å². The van der Waals surface area contributed by atoms with Crippen molar-refractivity contribution in [2.75, 3.05) is 12.3 Å². The summed E-state index contributed by atoms with van der Waals surface area (Å²) in [4.78, 5) is 4.37. The van der Waals surface area contributed by atoms with E-state index >= 15 is 0 Å². The van der Waals surface area contributed by atoms with Crippen LogP contribution in [0.4, 0.5) is 0 Å². The second-order valence-corrected chi connectivity index (χ2v) is 6.91. The summed E-state index contributed by atoms with van der Waals surface area (Å²) in [7, 11) is 0. The topological polar surface area (TPSA) is 37.8 Å². The molecule has 0 saturated heterocycles. The fourth-order valence-electron chi connectivity index (χ4n) is 1.35. The van der Waals surface area contributed by atoms with Crippen molar-refractivity contribution in [3.63, 3.8) is 0 Å². The van der Waals surface area contributed by atoms with Gasteiger partial charge in [-0.05, 0) is 30.4 Å². The molecular formula is C11H21N3S2. The Morgan fingerprint density at radius 1 is 1.44 bits per heavy atom. The Hall–Kier alpha value is -0.130. The lowest BCUT2D eigenvalue weighted by atomic mass is 9.88. The monoisotopic (exact) mass is 259 g/mol. The SMILES string of the molecule is CCNC(CSc1nc(C)ns1)C(C)(C)C. The smallest absolute Gasteiger partial charge is 0.170 e. The molecule has 0 saturated carbocycles. The first-order valence-corrected chi connectivity index (χ1v) is 7.36. The van der Waals surface area contributed by atoms with E-state index in [-0.39, 0.29) is 5.41 Å². The molecule has 92 valence electrons. The molecule has 0 spiro atoms. The van der Waals surface area contributed by atoms with Gasteiger partial charge in [0.2, 0.25) is 0 Å². The molecule has 1 rings (SSSR count). The van der Waals surface area contributed by atoms with Gasteiger partial charge in [0, 0.05) is 11.8 Å². The molecule has 0 fully saturated rings. The molecule has 1 aromatic heterocycles. The minimum atomic E-state index is 0.280. The summed E-state index contributed by atoms with van der Waals surface area (Å²) in [5.41, 5.74) is 0.280. The van der Waals surface area contributed by atoms with Crippen molar-refractivity contribution in [3.05, 3.63) is 5.82 Å². The summed E-state index contributed by atoms with van der Waals surface area (Å²) in [6.45, 7) is 11.9. The maximum atomic E-state index is 4.37. The summed E-state index contributed by atoms with van der Waals surface area (Å²) >= 11 is 3.29. The molecule has 1 atom stereocenters. The zero-order valence-electron chi connectivity index (χ0n) is 10.7. The van der Waals surface area contributed by atoms with Crippen LogP contribution in [0.1, 0.15) is 33.5 Å². The van der Waals surface area contributed by atoms with Gasteiger partial charge in [-0.3, -0.25) is 0 Å². The van der Waals surface area contributed by atoms with Gasteiger partial charge in [-0.15, -0.1) is 0 Å². The summed E-state index contributed by atoms with van der Waals surface area (Å²) in [5.74, 6) is 1.93. The van der Waals surface area contributed by atoms with Crippen LogP contribution in [0.2, 0.25) is 0 Å². The minimum absolute atomic E-state index is 0.280. The lowest BCUT2D eigenvalue weighted by Gasteiger charge is -2.30. The lowest BCUT2D eigenvalue weighted by molar-refractivity contribution is 0.295. The van der Waals surface area contributed by atoms with Gasteiger partial charge in [0.05, 0.1) is 0 Å². The van der Waals surface area contributed by atoms with Crippen molar-refractivity contribution >= 4 is 23.3 Å². The van der Waals surface area contributed by atoms with Crippen molar-refractivity contribution < 1.29 is 0 Å². The van der Waals surface area contributed by atoms with E-state index in [2.05, 4.69) is 42.4 Å². The van der Waals surface area contributed by atoms with Gasteiger partial charge in [-0.2, -0.15) is 4.37 Å². The van der Waals surface area contributed by atoms with Crippen LogP contribution in [0.25, 0.3) is 0 Å². The van der Waals surface area contributed by atoms with Crippen LogP contribution in [-0.2, 0) is 0 Å². The Morgan fingerprint density at radius 2 is 2.12 bits per heavy atom. The number of hydrogen-bond acceptors (Lipinski definition) is 5. The number of nitrogens with one attached hydrogen (secondary N) is 1. The highest BCUT2D eigenvalue weighted by atomic mass is 32.2. The van der Waals surface area contributed by atoms with E-state index in [4.69, 9.17) is 0 Å². The van der Waals surface area contributed by atoms with E-state index in [9.17, 15) is 0 Å². The standard InChI is InChI=1S/C11H21N3S2/c1-6-12-9(11(3,4)5)7-15-10-13-8(2)14-16-10/h9,12H,6-7H2,1-5H3. The molecule has 3 nitrogen and oxygen atoms in total. The van der Waals surface area contributed by atoms with E-state index in [1.54, 1.807) is 11.8 Å². The number of hydrogen-bond donors (Lipinski definition) is 1. The third-order valence-electron chi connectivity index (χ3n) is 2.38. The van der Waals surface area contributed by atoms with Crippen LogP contribution < -0.4 is 5.32 Å². The Morgan fingerprint density at radius 3 is 2.56 bits per heavy atom. The largest absolute Gasteiger partial charge is 0.313 e. The van der Waals surface area contributed by atoms with E-state index in [1.165, 1.54) is 11.5 Å². The first kappa shape index (κ1) is 13.9. The molecular weight excluding hydrogens is 238 g/mol.